The molecule has 3 aliphatic heterocycles. The molecule has 1 spiro atoms. The Kier molecular flexibility index (Phi) is 6.98. The summed E-state index contributed by atoms with van der Waals surface area (Å²) in [4.78, 5) is 34.0. The maximum atomic E-state index is 14.2. The van der Waals surface area contributed by atoms with Gasteiger partial charge in [-0.1, -0.05) is 118 Å². The maximum absolute atomic E-state index is 14.2. The van der Waals surface area contributed by atoms with Gasteiger partial charge in [-0.15, -0.1) is 0 Å². The van der Waals surface area contributed by atoms with Crippen LogP contribution in [0.5, 0.6) is 0 Å². The number of amides is 1. The maximum Gasteiger partial charge on any atom is 0.435 e. The first kappa shape index (κ1) is 28.5. The molecule has 4 aliphatic rings. The average molecular weight is 586 g/mol. The lowest BCUT2D eigenvalue weighted by Gasteiger charge is -2.55. The van der Waals surface area contributed by atoms with Crippen LogP contribution in [0.2, 0.25) is 5.04 Å². The molecule has 1 aliphatic carbocycles. The Morgan fingerprint density at radius 3 is 1.98 bits per heavy atom. The van der Waals surface area contributed by atoms with E-state index < -0.39 is 37.8 Å². The van der Waals surface area contributed by atoms with Crippen LogP contribution in [-0.4, -0.2) is 66.9 Å². The Morgan fingerprint density at radius 2 is 1.48 bits per heavy atom. The molecule has 218 valence electrons. The van der Waals surface area contributed by atoms with Crippen molar-refractivity contribution in [3.63, 3.8) is 0 Å². The number of hydroxylamine groups is 2. The Balaban J connectivity index is 1.38. The van der Waals surface area contributed by atoms with Gasteiger partial charge in [0.2, 0.25) is 5.78 Å². The molecule has 3 aromatic rings. The molecule has 3 atom stereocenters. The second-order valence-corrected chi connectivity index (χ2v) is 16.4. The Bertz CT molecular complexity index is 1450. The van der Waals surface area contributed by atoms with Crippen LogP contribution in [0.4, 0.5) is 4.79 Å². The summed E-state index contributed by atoms with van der Waals surface area (Å²) in [5, 5.41) is 13.3. The second kappa shape index (κ2) is 10.3. The van der Waals surface area contributed by atoms with Crippen molar-refractivity contribution in [2.75, 3.05) is 19.8 Å². The molecule has 1 amide bonds. The summed E-state index contributed by atoms with van der Waals surface area (Å²) in [7, 11) is -3.06. The highest BCUT2D eigenvalue weighted by molar-refractivity contribution is 6.99. The van der Waals surface area contributed by atoms with Gasteiger partial charge in [0, 0.05) is 0 Å². The van der Waals surface area contributed by atoms with E-state index in [1.807, 2.05) is 66.7 Å². The third-order valence-electron chi connectivity index (χ3n) is 8.66. The van der Waals surface area contributed by atoms with Gasteiger partial charge >= 0.3 is 6.09 Å². The van der Waals surface area contributed by atoms with Gasteiger partial charge in [-0.05, 0) is 27.1 Å². The molecule has 2 fully saturated rings. The van der Waals surface area contributed by atoms with E-state index in [2.05, 4.69) is 45.0 Å². The van der Waals surface area contributed by atoms with Crippen LogP contribution in [0.25, 0.3) is 0 Å². The van der Waals surface area contributed by atoms with Crippen LogP contribution in [0.1, 0.15) is 26.3 Å². The van der Waals surface area contributed by atoms with Crippen LogP contribution >= 0.6 is 0 Å². The van der Waals surface area contributed by atoms with E-state index >= 15 is 0 Å². The first-order chi connectivity index (χ1) is 20.1. The van der Waals surface area contributed by atoms with Crippen molar-refractivity contribution in [2.24, 2.45) is 0 Å². The predicted molar refractivity (Wildman–Crippen MR) is 159 cm³/mol. The van der Waals surface area contributed by atoms with E-state index in [-0.39, 0.29) is 30.6 Å². The molecule has 0 radical (unpaired) electrons. The van der Waals surface area contributed by atoms with Crippen molar-refractivity contribution in [3.05, 3.63) is 109 Å². The highest BCUT2D eigenvalue weighted by Crippen LogP contribution is 2.55. The number of ether oxygens (including phenoxy) is 2. The fourth-order valence-electron chi connectivity index (χ4n) is 6.36. The molecule has 2 bridgehead atoms. The zero-order valence-electron chi connectivity index (χ0n) is 24.0. The lowest BCUT2D eigenvalue weighted by Crippen LogP contribution is -2.79. The molecule has 9 heteroatoms. The lowest BCUT2D eigenvalue weighted by atomic mass is 9.69. The Hall–Kier alpha value is -3.60. The number of benzene rings is 3. The predicted octanol–water partition coefficient (Wildman–Crippen LogP) is 3.52. The van der Waals surface area contributed by atoms with Crippen molar-refractivity contribution < 1.29 is 33.4 Å². The van der Waals surface area contributed by atoms with Crippen LogP contribution in [0.3, 0.4) is 0 Å². The van der Waals surface area contributed by atoms with Crippen LogP contribution < -0.4 is 10.4 Å². The number of aliphatic hydroxyl groups is 1. The second-order valence-electron chi connectivity index (χ2n) is 12.1. The number of hydrogen-bond donors (Lipinski definition) is 1. The fraction of sp³-hybridized carbons (Fsp3) is 0.333. The topological polar surface area (TPSA) is 97.8 Å². The van der Waals surface area contributed by atoms with Crippen LogP contribution in [0.15, 0.2) is 103 Å². The molecule has 42 heavy (non-hydrogen) atoms. The van der Waals surface area contributed by atoms with Gasteiger partial charge in [0.15, 0.2) is 16.7 Å². The summed E-state index contributed by atoms with van der Waals surface area (Å²) >= 11 is 0. The summed E-state index contributed by atoms with van der Waals surface area (Å²) in [5.74, 6) is -0.378. The van der Waals surface area contributed by atoms with Crippen LogP contribution in [0, 0.1) is 0 Å². The highest BCUT2D eigenvalue weighted by Gasteiger charge is 2.79. The molecule has 0 aromatic heterocycles. The Morgan fingerprint density at radius 1 is 0.929 bits per heavy atom. The van der Waals surface area contributed by atoms with Crippen molar-refractivity contribution >= 4 is 30.6 Å². The number of Topliss-reactive ketones (excluding diaryl/α,β-unsaturated/α-hetero) is 1. The normalized spacial score (nSPS) is 26.5. The van der Waals surface area contributed by atoms with E-state index in [0.717, 1.165) is 21.0 Å². The molecule has 0 saturated carbocycles. The zero-order valence-corrected chi connectivity index (χ0v) is 25.0. The number of carbonyl (C=O) groups is 2. The summed E-state index contributed by atoms with van der Waals surface area (Å²) < 4.78 is 18.5. The van der Waals surface area contributed by atoms with Gasteiger partial charge in [0.05, 0.1) is 19.8 Å². The summed E-state index contributed by atoms with van der Waals surface area (Å²) in [5.41, 5.74) is -3.86. The van der Waals surface area contributed by atoms with Crippen molar-refractivity contribution in [3.8, 4) is 0 Å². The number of nitrogens with zero attached hydrogens (tertiary/aromatic N) is 1. The SMILES string of the molecule is CC(C)(C)[Si](OC[C@@]12C=C[C@@](CO)(N(C(=O)OCc3ccccc3)O1)[C@@]1(CO1)C2=O)(c1ccccc1)c1ccccc1. The highest BCUT2D eigenvalue weighted by atomic mass is 28.4. The number of rotatable bonds is 8. The molecule has 1 N–H and O–H groups in total. The standard InChI is InChI=1S/C33H35NO7Si/c1-30(2,3)42(26-15-9-5-10-16-26,27-17-11-6-12-18-27)40-23-31-19-20-32(22-35,33(24-39-33)28(31)36)34(41-31)29(37)38-21-25-13-7-4-8-14-25/h4-20,35H,21-24H2,1-3H3/t31-,32+,33-/m1/s1. The number of carbonyl (C=O) groups excluding carboxylic acids is 2. The first-order valence-corrected chi connectivity index (χ1v) is 16.0. The number of ketones is 1. The van der Waals surface area contributed by atoms with Gasteiger partial charge in [-0.25, -0.2) is 9.63 Å². The summed E-state index contributed by atoms with van der Waals surface area (Å²) in [6.45, 7) is 5.74. The minimum atomic E-state index is -3.06. The summed E-state index contributed by atoms with van der Waals surface area (Å²) in [6.07, 6.45) is 2.43. The largest absolute Gasteiger partial charge is 0.443 e. The van der Waals surface area contributed by atoms with Gasteiger partial charge in [-0.3, -0.25) is 4.79 Å². The zero-order chi connectivity index (χ0) is 29.6. The minimum absolute atomic E-state index is 0.00186. The van der Waals surface area contributed by atoms with Gasteiger partial charge in [0.25, 0.3) is 8.32 Å². The number of fused-ring (bicyclic) bond motifs is 1. The summed E-state index contributed by atoms with van der Waals surface area (Å²) in [6, 6.07) is 29.4. The first-order valence-electron chi connectivity index (χ1n) is 14.1. The van der Waals surface area contributed by atoms with Crippen molar-refractivity contribution in [1.82, 2.24) is 5.06 Å². The number of aliphatic hydroxyl groups excluding tert-OH is 1. The molecular weight excluding hydrogens is 550 g/mol. The van der Waals surface area contributed by atoms with Gasteiger partial charge < -0.3 is 19.0 Å². The van der Waals surface area contributed by atoms with E-state index in [0.29, 0.717) is 0 Å². The fourth-order valence-corrected chi connectivity index (χ4v) is 10.9. The van der Waals surface area contributed by atoms with Gasteiger partial charge in [0.1, 0.15) is 6.61 Å². The quantitative estimate of drug-likeness (QED) is 0.245. The molecule has 3 heterocycles. The molecule has 8 nitrogen and oxygen atoms in total. The smallest absolute Gasteiger partial charge is 0.435 e. The third kappa shape index (κ3) is 4.18. The monoisotopic (exact) mass is 585 g/mol. The molecular formula is C33H35NO7Si. The number of epoxide rings is 1. The van der Waals surface area contributed by atoms with Crippen LogP contribution in [-0.2, 0) is 30.1 Å². The molecule has 7 rings (SSSR count). The molecule has 2 saturated heterocycles. The van der Waals surface area contributed by atoms with E-state index in [4.69, 9.17) is 18.7 Å². The van der Waals surface area contributed by atoms with E-state index in [1.165, 1.54) is 0 Å². The number of hydrogen-bond acceptors (Lipinski definition) is 7. The Labute approximate surface area is 246 Å². The average Bonchev–Trinajstić information content (AvgIpc) is 3.82. The van der Waals surface area contributed by atoms with Crippen molar-refractivity contribution in [1.29, 1.82) is 0 Å². The molecule has 3 aromatic carbocycles. The van der Waals surface area contributed by atoms with E-state index in [9.17, 15) is 14.7 Å². The third-order valence-corrected chi connectivity index (χ3v) is 13.6. The molecule has 0 unspecified atom stereocenters. The minimum Gasteiger partial charge on any atom is -0.443 e. The lowest BCUT2D eigenvalue weighted by molar-refractivity contribution is -0.292. The van der Waals surface area contributed by atoms with Crippen molar-refractivity contribution in [2.45, 2.75) is 49.2 Å². The van der Waals surface area contributed by atoms with Gasteiger partial charge in [-0.2, -0.15) is 5.06 Å². The van der Waals surface area contributed by atoms with E-state index in [1.54, 1.807) is 12.2 Å².